The van der Waals surface area contributed by atoms with Gasteiger partial charge in [-0.25, -0.2) is 4.79 Å². The average molecular weight is 485 g/mol. The third-order valence-corrected chi connectivity index (χ3v) is 5.84. The molecular weight excluding hydrogens is 464 g/mol. The minimum atomic E-state index is -1.46. The van der Waals surface area contributed by atoms with Gasteiger partial charge in [-0.2, -0.15) is 0 Å². The van der Waals surface area contributed by atoms with E-state index in [0.29, 0.717) is 4.47 Å². The molecule has 31 heavy (non-hydrogen) atoms. The summed E-state index contributed by atoms with van der Waals surface area (Å²) in [5, 5.41) is 22.9. The van der Waals surface area contributed by atoms with Crippen LogP contribution in [0.2, 0.25) is 0 Å². The maximum atomic E-state index is 12.2. The molecule has 0 bridgehead atoms. The predicted molar refractivity (Wildman–Crippen MR) is 119 cm³/mol. The quantitative estimate of drug-likeness (QED) is 0.429. The Morgan fingerprint density at radius 3 is 2.35 bits per heavy atom. The van der Waals surface area contributed by atoms with Gasteiger partial charge in [0.25, 0.3) is 5.56 Å². The van der Waals surface area contributed by atoms with Gasteiger partial charge in [-0.15, -0.1) is 0 Å². The number of rotatable bonds is 6. The summed E-state index contributed by atoms with van der Waals surface area (Å²) in [5.74, 6) is -0.0751. The molecule has 1 aliphatic rings. The normalized spacial score (nSPS) is 14.4. The first-order valence-corrected chi connectivity index (χ1v) is 10.6. The van der Waals surface area contributed by atoms with E-state index in [0.717, 1.165) is 22.3 Å². The highest BCUT2D eigenvalue weighted by Crippen LogP contribution is 2.44. The fourth-order valence-corrected chi connectivity index (χ4v) is 4.21. The Morgan fingerprint density at radius 1 is 1.10 bits per heavy atom. The highest BCUT2D eigenvalue weighted by atomic mass is 79.9. The summed E-state index contributed by atoms with van der Waals surface area (Å²) < 4.78 is 5.95. The van der Waals surface area contributed by atoms with Crippen LogP contribution in [0.1, 0.15) is 28.7 Å². The number of hydrogen-bond donors (Lipinski definition) is 4. The highest BCUT2D eigenvalue weighted by molar-refractivity contribution is 9.10. The minimum Gasteiger partial charge on any atom is -0.449 e. The molecule has 2 aromatic carbocycles. The van der Waals surface area contributed by atoms with Crippen molar-refractivity contribution in [2.75, 3.05) is 13.2 Å². The van der Waals surface area contributed by atoms with Crippen LogP contribution in [-0.2, 0) is 4.74 Å². The van der Waals surface area contributed by atoms with Gasteiger partial charge in [0.05, 0.1) is 0 Å². The van der Waals surface area contributed by atoms with Gasteiger partial charge in [0, 0.05) is 28.7 Å². The van der Waals surface area contributed by atoms with Crippen molar-refractivity contribution in [1.29, 1.82) is 0 Å². The molecule has 0 saturated carbocycles. The molecular formula is C23H21BrN2O5. The van der Waals surface area contributed by atoms with Crippen molar-refractivity contribution in [2.45, 2.75) is 18.1 Å². The lowest BCUT2D eigenvalue weighted by Gasteiger charge is -2.19. The van der Waals surface area contributed by atoms with Crippen molar-refractivity contribution in [3.05, 3.63) is 92.3 Å². The Hall–Kier alpha value is -2.94. The second kappa shape index (κ2) is 9.05. The number of alkyl carbamates (subject to hydrolysis) is 1. The first kappa shape index (κ1) is 21.3. The summed E-state index contributed by atoms with van der Waals surface area (Å²) in [6.45, 7) is -0.131. The van der Waals surface area contributed by atoms with Gasteiger partial charge >= 0.3 is 6.09 Å². The molecule has 0 radical (unpaired) electrons. The van der Waals surface area contributed by atoms with E-state index in [2.05, 4.69) is 38.4 Å². The zero-order valence-corrected chi connectivity index (χ0v) is 18.0. The first-order chi connectivity index (χ1) is 15.0. The van der Waals surface area contributed by atoms with Crippen molar-refractivity contribution in [1.82, 2.24) is 10.3 Å². The Labute approximate surface area is 186 Å². The molecule has 0 aliphatic heterocycles. The van der Waals surface area contributed by atoms with Crippen molar-refractivity contribution >= 4 is 22.0 Å². The lowest BCUT2D eigenvalue weighted by atomic mass is 9.98. The van der Waals surface area contributed by atoms with Crippen molar-refractivity contribution < 1.29 is 19.7 Å². The number of fused-ring (bicyclic) bond motifs is 3. The van der Waals surface area contributed by atoms with E-state index in [1.807, 2.05) is 36.4 Å². The smallest absolute Gasteiger partial charge is 0.407 e. The van der Waals surface area contributed by atoms with Gasteiger partial charge in [0.1, 0.15) is 18.8 Å². The molecule has 4 N–H and O–H groups in total. The van der Waals surface area contributed by atoms with E-state index in [1.165, 1.54) is 12.3 Å². The first-order valence-electron chi connectivity index (χ1n) is 9.79. The molecule has 160 valence electrons. The van der Waals surface area contributed by atoms with E-state index in [1.54, 1.807) is 0 Å². The monoisotopic (exact) mass is 484 g/mol. The van der Waals surface area contributed by atoms with E-state index < -0.39 is 23.9 Å². The zero-order chi connectivity index (χ0) is 22.0. The van der Waals surface area contributed by atoms with Crippen molar-refractivity contribution in [2.24, 2.45) is 0 Å². The van der Waals surface area contributed by atoms with Crippen LogP contribution in [-0.4, -0.2) is 40.5 Å². The number of amides is 1. The summed E-state index contributed by atoms with van der Waals surface area (Å²) in [6.07, 6.45) is -2.12. The molecule has 1 aromatic heterocycles. The lowest BCUT2D eigenvalue weighted by molar-refractivity contribution is 0.0177. The Morgan fingerprint density at radius 2 is 1.71 bits per heavy atom. The molecule has 1 heterocycles. The number of H-pyrrole nitrogens is 1. The highest BCUT2D eigenvalue weighted by Gasteiger charge is 2.29. The molecule has 3 aromatic rings. The van der Waals surface area contributed by atoms with E-state index in [4.69, 9.17) is 4.74 Å². The van der Waals surface area contributed by atoms with Gasteiger partial charge < -0.3 is 25.3 Å². The number of hydrogen-bond acceptors (Lipinski definition) is 5. The van der Waals surface area contributed by atoms with Crippen LogP contribution >= 0.6 is 15.9 Å². The summed E-state index contributed by atoms with van der Waals surface area (Å²) >= 11 is 3.20. The molecule has 1 aliphatic carbocycles. The van der Waals surface area contributed by atoms with Gasteiger partial charge in [0.2, 0.25) is 0 Å². The molecule has 2 unspecified atom stereocenters. The van der Waals surface area contributed by atoms with Gasteiger partial charge in [0.15, 0.2) is 0 Å². The van der Waals surface area contributed by atoms with Crippen molar-refractivity contribution in [3.63, 3.8) is 0 Å². The standard InChI is InChI=1S/C23H21BrN2O5/c24-13-9-18(22(29)25-10-13)21(28)20(27)11-26-23(30)31-12-19-16-7-3-1-5-14(16)15-6-2-4-8-17(15)19/h1-10,19-21,27-28H,11-12H2,(H,25,29)(H,26,30). The number of aliphatic hydroxyl groups is 2. The number of pyridine rings is 1. The largest absolute Gasteiger partial charge is 0.449 e. The lowest BCUT2D eigenvalue weighted by Crippen LogP contribution is -2.37. The summed E-state index contributed by atoms with van der Waals surface area (Å²) in [5.41, 5.74) is 3.93. The molecule has 8 heteroatoms. The number of carbonyl (C=O) groups excluding carboxylic acids is 1. The Bertz CT molecular complexity index is 1120. The van der Waals surface area contributed by atoms with Crippen LogP contribution in [0.15, 0.2) is 70.1 Å². The van der Waals surface area contributed by atoms with Crippen LogP contribution in [0, 0.1) is 0 Å². The van der Waals surface area contributed by atoms with E-state index in [9.17, 15) is 19.8 Å². The molecule has 0 spiro atoms. The summed E-state index contributed by atoms with van der Waals surface area (Å²) in [6, 6.07) is 17.4. The van der Waals surface area contributed by atoms with Crippen LogP contribution in [0.4, 0.5) is 4.79 Å². The van der Waals surface area contributed by atoms with Gasteiger partial charge in [-0.05, 0) is 44.3 Å². The van der Waals surface area contributed by atoms with Gasteiger partial charge in [-0.3, -0.25) is 4.79 Å². The third-order valence-electron chi connectivity index (χ3n) is 5.38. The molecule has 7 nitrogen and oxygen atoms in total. The second-order valence-corrected chi connectivity index (χ2v) is 8.24. The minimum absolute atomic E-state index is 0.00351. The van der Waals surface area contributed by atoms with Crippen LogP contribution < -0.4 is 10.9 Å². The summed E-state index contributed by atoms with van der Waals surface area (Å²) in [7, 11) is 0. The summed E-state index contributed by atoms with van der Waals surface area (Å²) in [4.78, 5) is 26.5. The topological polar surface area (TPSA) is 112 Å². The number of halogens is 1. The molecule has 0 fully saturated rings. The van der Waals surface area contributed by atoms with E-state index in [-0.39, 0.29) is 24.6 Å². The number of aromatic amines is 1. The maximum Gasteiger partial charge on any atom is 0.407 e. The number of ether oxygens (including phenoxy) is 1. The molecule has 1 amide bonds. The number of aromatic nitrogens is 1. The Kier molecular flexibility index (Phi) is 6.22. The number of aliphatic hydroxyl groups excluding tert-OH is 2. The Balaban J connectivity index is 1.36. The zero-order valence-electron chi connectivity index (χ0n) is 16.4. The van der Waals surface area contributed by atoms with Crippen LogP contribution in [0.5, 0.6) is 0 Å². The van der Waals surface area contributed by atoms with Crippen LogP contribution in [0.25, 0.3) is 11.1 Å². The SMILES string of the molecule is O=C(NCC(O)C(O)c1cc(Br)c[nH]c1=O)OCC1c2ccccc2-c2ccccc21. The molecule has 4 rings (SSSR count). The van der Waals surface area contributed by atoms with Crippen molar-refractivity contribution in [3.8, 4) is 11.1 Å². The predicted octanol–water partition coefficient (Wildman–Crippen LogP) is 3.07. The molecule has 2 atom stereocenters. The number of nitrogens with one attached hydrogen (secondary N) is 2. The average Bonchev–Trinajstić information content (AvgIpc) is 3.11. The number of carbonyl (C=O) groups is 1. The molecule has 0 saturated heterocycles. The fourth-order valence-electron chi connectivity index (χ4n) is 3.85. The number of benzene rings is 2. The fraction of sp³-hybridized carbons (Fsp3) is 0.217. The van der Waals surface area contributed by atoms with E-state index >= 15 is 0 Å². The second-order valence-electron chi connectivity index (χ2n) is 7.32. The van der Waals surface area contributed by atoms with Crippen LogP contribution in [0.3, 0.4) is 0 Å². The maximum absolute atomic E-state index is 12.2. The third kappa shape index (κ3) is 4.41. The van der Waals surface area contributed by atoms with Gasteiger partial charge in [-0.1, -0.05) is 48.5 Å².